The molecule has 5 nitrogen and oxygen atoms in total. The molecule has 0 aliphatic rings. The van der Waals surface area contributed by atoms with Crippen molar-refractivity contribution in [2.24, 2.45) is 5.73 Å². The first-order valence-corrected chi connectivity index (χ1v) is 7.18. The third-order valence-electron chi connectivity index (χ3n) is 3.16. The van der Waals surface area contributed by atoms with E-state index in [1.54, 1.807) is 7.11 Å². The minimum absolute atomic E-state index is 0.276. The summed E-state index contributed by atoms with van der Waals surface area (Å²) < 4.78 is 10.4. The zero-order valence-electron chi connectivity index (χ0n) is 12.7. The molecule has 3 N–H and O–H groups in total. The Balaban J connectivity index is 3.67. The summed E-state index contributed by atoms with van der Waals surface area (Å²) in [7, 11) is 1.69. The van der Waals surface area contributed by atoms with Crippen molar-refractivity contribution in [3.8, 4) is 0 Å². The Morgan fingerprint density at radius 3 is 2.47 bits per heavy atom. The lowest BCUT2D eigenvalue weighted by Crippen LogP contribution is -2.53. The maximum Gasteiger partial charge on any atom is 0.237 e. The topological polar surface area (TPSA) is 73.6 Å². The van der Waals surface area contributed by atoms with E-state index in [9.17, 15) is 4.79 Å². The van der Waals surface area contributed by atoms with Crippen LogP contribution in [0.5, 0.6) is 0 Å². The SMILES string of the molecule is CCCNC(C)(CCCCOCCCOC)C(N)=O. The van der Waals surface area contributed by atoms with Gasteiger partial charge in [0.1, 0.15) is 0 Å². The Kier molecular flexibility index (Phi) is 10.8. The number of ether oxygens (including phenoxy) is 2. The molecule has 0 aromatic carbocycles. The van der Waals surface area contributed by atoms with E-state index >= 15 is 0 Å². The minimum atomic E-state index is -0.591. The molecule has 0 rings (SSSR count). The van der Waals surface area contributed by atoms with Gasteiger partial charge >= 0.3 is 0 Å². The number of nitrogens with one attached hydrogen (secondary N) is 1. The van der Waals surface area contributed by atoms with Crippen molar-refractivity contribution in [1.29, 1.82) is 0 Å². The molecule has 0 bridgehead atoms. The lowest BCUT2D eigenvalue weighted by Gasteiger charge is -2.27. The standard InChI is InChI=1S/C14H30N2O3/c1-4-9-16-14(2,13(15)17)8-5-6-11-19-12-7-10-18-3/h16H,4-12H2,1-3H3,(H2,15,17). The van der Waals surface area contributed by atoms with Crippen LogP contribution in [-0.4, -0.2) is 44.9 Å². The van der Waals surface area contributed by atoms with E-state index < -0.39 is 5.54 Å². The molecular weight excluding hydrogens is 244 g/mol. The van der Waals surface area contributed by atoms with E-state index in [2.05, 4.69) is 12.2 Å². The van der Waals surface area contributed by atoms with Gasteiger partial charge in [-0.05, 0) is 45.6 Å². The normalized spacial score (nSPS) is 14.3. The highest BCUT2D eigenvalue weighted by atomic mass is 16.5. The fourth-order valence-electron chi connectivity index (χ4n) is 1.79. The van der Waals surface area contributed by atoms with E-state index in [1.165, 1.54) is 0 Å². The van der Waals surface area contributed by atoms with Crippen LogP contribution in [0.1, 0.15) is 46.0 Å². The van der Waals surface area contributed by atoms with Crippen molar-refractivity contribution in [2.45, 2.75) is 51.5 Å². The van der Waals surface area contributed by atoms with Gasteiger partial charge in [-0.3, -0.25) is 4.79 Å². The lowest BCUT2D eigenvalue weighted by atomic mass is 9.94. The summed E-state index contributed by atoms with van der Waals surface area (Å²) in [6.45, 7) is 6.96. The Morgan fingerprint density at radius 1 is 1.21 bits per heavy atom. The highest BCUT2D eigenvalue weighted by Crippen LogP contribution is 2.13. The quantitative estimate of drug-likeness (QED) is 0.499. The molecule has 0 aliphatic carbocycles. The molecule has 1 amide bonds. The van der Waals surface area contributed by atoms with Crippen molar-refractivity contribution in [1.82, 2.24) is 5.32 Å². The van der Waals surface area contributed by atoms with Crippen molar-refractivity contribution in [3.63, 3.8) is 0 Å². The van der Waals surface area contributed by atoms with Crippen LogP contribution in [0.3, 0.4) is 0 Å². The average Bonchev–Trinajstić information content (AvgIpc) is 2.39. The van der Waals surface area contributed by atoms with Gasteiger partial charge in [0.25, 0.3) is 0 Å². The first-order chi connectivity index (χ1) is 9.06. The first kappa shape index (κ1) is 18.4. The predicted octanol–water partition coefficient (Wildman–Crippen LogP) is 1.45. The van der Waals surface area contributed by atoms with Gasteiger partial charge in [0, 0.05) is 26.9 Å². The van der Waals surface area contributed by atoms with Crippen LogP contribution in [0.25, 0.3) is 0 Å². The summed E-state index contributed by atoms with van der Waals surface area (Å²) >= 11 is 0. The van der Waals surface area contributed by atoms with Crippen LogP contribution < -0.4 is 11.1 Å². The Labute approximate surface area is 117 Å². The van der Waals surface area contributed by atoms with Crippen molar-refractivity contribution < 1.29 is 14.3 Å². The van der Waals surface area contributed by atoms with E-state index in [4.69, 9.17) is 15.2 Å². The molecule has 0 heterocycles. The number of methoxy groups -OCH3 is 1. The summed E-state index contributed by atoms with van der Waals surface area (Å²) in [5, 5.41) is 3.23. The number of hydrogen-bond acceptors (Lipinski definition) is 4. The lowest BCUT2D eigenvalue weighted by molar-refractivity contribution is -0.124. The summed E-state index contributed by atoms with van der Waals surface area (Å²) in [5.41, 5.74) is 4.87. The van der Waals surface area contributed by atoms with Gasteiger partial charge < -0.3 is 20.5 Å². The minimum Gasteiger partial charge on any atom is -0.385 e. The third kappa shape index (κ3) is 8.97. The van der Waals surface area contributed by atoms with E-state index in [0.29, 0.717) is 0 Å². The molecule has 1 atom stereocenters. The van der Waals surface area contributed by atoms with Gasteiger partial charge in [0.15, 0.2) is 0 Å². The van der Waals surface area contributed by atoms with Crippen molar-refractivity contribution in [3.05, 3.63) is 0 Å². The number of primary amides is 1. The molecule has 0 aliphatic heterocycles. The number of carbonyl (C=O) groups is 1. The largest absolute Gasteiger partial charge is 0.385 e. The number of unbranched alkanes of at least 4 members (excludes halogenated alkanes) is 1. The second kappa shape index (κ2) is 11.2. The molecule has 0 aromatic rings. The molecule has 114 valence electrons. The summed E-state index contributed by atoms with van der Waals surface area (Å²) in [6.07, 6.45) is 4.55. The van der Waals surface area contributed by atoms with Gasteiger partial charge in [-0.15, -0.1) is 0 Å². The molecule has 0 saturated heterocycles. The van der Waals surface area contributed by atoms with Crippen LogP contribution in [0.15, 0.2) is 0 Å². The maximum atomic E-state index is 11.5. The van der Waals surface area contributed by atoms with Crippen LogP contribution in [-0.2, 0) is 14.3 Å². The second-order valence-corrected chi connectivity index (χ2v) is 5.04. The molecule has 0 radical (unpaired) electrons. The van der Waals surface area contributed by atoms with E-state index in [1.807, 2.05) is 6.92 Å². The molecule has 0 fully saturated rings. The third-order valence-corrected chi connectivity index (χ3v) is 3.16. The Morgan fingerprint density at radius 2 is 1.89 bits per heavy atom. The average molecular weight is 274 g/mol. The van der Waals surface area contributed by atoms with E-state index in [-0.39, 0.29) is 5.91 Å². The van der Waals surface area contributed by atoms with Crippen LogP contribution >= 0.6 is 0 Å². The number of nitrogens with two attached hydrogens (primary N) is 1. The first-order valence-electron chi connectivity index (χ1n) is 7.18. The van der Waals surface area contributed by atoms with Crippen LogP contribution in [0, 0.1) is 0 Å². The molecule has 0 aromatic heterocycles. The summed E-state index contributed by atoms with van der Waals surface area (Å²) in [5.74, 6) is -0.276. The van der Waals surface area contributed by atoms with Crippen LogP contribution in [0.2, 0.25) is 0 Å². The molecule has 19 heavy (non-hydrogen) atoms. The van der Waals surface area contributed by atoms with Gasteiger partial charge in [0.2, 0.25) is 5.91 Å². The Bertz CT molecular complexity index is 237. The van der Waals surface area contributed by atoms with Gasteiger partial charge in [-0.2, -0.15) is 0 Å². The zero-order valence-corrected chi connectivity index (χ0v) is 12.7. The monoisotopic (exact) mass is 274 g/mol. The fourth-order valence-corrected chi connectivity index (χ4v) is 1.79. The number of hydrogen-bond donors (Lipinski definition) is 2. The zero-order chi connectivity index (χ0) is 14.6. The molecule has 0 saturated carbocycles. The van der Waals surface area contributed by atoms with Crippen LogP contribution in [0.4, 0.5) is 0 Å². The molecule has 5 heteroatoms. The highest BCUT2D eigenvalue weighted by Gasteiger charge is 2.29. The summed E-state index contributed by atoms with van der Waals surface area (Å²) in [4.78, 5) is 11.5. The predicted molar refractivity (Wildman–Crippen MR) is 77.1 cm³/mol. The number of amides is 1. The maximum absolute atomic E-state index is 11.5. The molecule has 1 unspecified atom stereocenters. The van der Waals surface area contributed by atoms with Gasteiger partial charge in [0.05, 0.1) is 5.54 Å². The van der Waals surface area contributed by atoms with Crippen molar-refractivity contribution >= 4 is 5.91 Å². The van der Waals surface area contributed by atoms with E-state index in [0.717, 1.165) is 58.5 Å². The van der Waals surface area contributed by atoms with Gasteiger partial charge in [-0.1, -0.05) is 6.92 Å². The van der Waals surface area contributed by atoms with Crippen molar-refractivity contribution in [2.75, 3.05) is 33.5 Å². The van der Waals surface area contributed by atoms with Gasteiger partial charge in [-0.25, -0.2) is 0 Å². The highest BCUT2D eigenvalue weighted by molar-refractivity contribution is 5.84. The fraction of sp³-hybridized carbons (Fsp3) is 0.929. The smallest absolute Gasteiger partial charge is 0.237 e. The Hall–Kier alpha value is -0.650. The molecule has 0 spiro atoms. The number of carbonyl (C=O) groups excluding carboxylic acids is 1. The second-order valence-electron chi connectivity index (χ2n) is 5.04. The number of rotatable bonds is 13. The molecular formula is C14H30N2O3. The summed E-state index contributed by atoms with van der Waals surface area (Å²) in [6, 6.07) is 0.